The van der Waals surface area contributed by atoms with Crippen LogP contribution in [0.4, 0.5) is 5.69 Å². The zero-order chi connectivity index (χ0) is 23.1. The lowest BCUT2D eigenvalue weighted by Gasteiger charge is -2.36. The summed E-state index contributed by atoms with van der Waals surface area (Å²) >= 11 is 0. The smallest absolute Gasteiger partial charge is 0.253 e. The molecule has 2 aromatic carbocycles. The van der Waals surface area contributed by atoms with Crippen LogP contribution in [0, 0.1) is 11.3 Å². The molecule has 170 valence electrons. The Morgan fingerprint density at radius 3 is 2.38 bits per heavy atom. The van der Waals surface area contributed by atoms with Crippen molar-refractivity contribution in [3.05, 3.63) is 53.6 Å². The molecule has 0 unspecified atom stereocenters. The van der Waals surface area contributed by atoms with Crippen molar-refractivity contribution in [3.8, 4) is 11.8 Å². The van der Waals surface area contributed by atoms with Crippen LogP contribution < -0.4 is 14.4 Å². The lowest BCUT2D eigenvalue weighted by Crippen LogP contribution is -2.49. The molecule has 1 aliphatic heterocycles. The van der Waals surface area contributed by atoms with Gasteiger partial charge in [-0.1, -0.05) is 0 Å². The number of piperazine rings is 1. The zero-order valence-corrected chi connectivity index (χ0v) is 18.9. The van der Waals surface area contributed by atoms with Gasteiger partial charge in [-0.2, -0.15) is 5.26 Å². The fourth-order valence-electron chi connectivity index (χ4n) is 3.47. The first-order valence-corrected chi connectivity index (χ1v) is 11.6. The van der Waals surface area contributed by atoms with Crippen molar-refractivity contribution in [2.45, 2.75) is 4.90 Å². The maximum atomic E-state index is 12.8. The van der Waals surface area contributed by atoms with Crippen molar-refractivity contribution in [1.29, 1.82) is 5.26 Å². The summed E-state index contributed by atoms with van der Waals surface area (Å²) in [5, 5.41) is 8.91. The number of ether oxygens (including phenoxy) is 2. The van der Waals surface area contributed by atoms with Crippen molar-refractivity contribution in [2.24, 2.45) is 0 Å². The standard InChI is InChI=1S/C22H26N4O5S/c1-30-14-9-24-32(28,29)19-7-8-21(31-2)20(15-19)25-10-12-26(13-11-25)22(27)18-5-3-17(16-23)4-6-18/h3-8,15,24H,9-14H2,1-2H3. The number of anilines is 1. The van der Waals surface area contributed by atoms with Crippen LogP contribution in [-0.2, 0) is 14.8 Å². The van der Waals surface area contributed by atoms with Crippen molar-refractivity contribution in [2.75, 3.05) is 58.5 Å². The summed E-state index contributed by atoms with van der Waals surface area (Å²) in [4.78, 5) is 16.7. The molecule has 32 heavy (non-hydrogen) atoms. The average Bonchev–Trinajstić information content (AvgIpc) is 2.83. The van der Waals surface area contributed by atoms with Crippen LogP contribution in [0.5, 0.6) is 5.75 Å². The number of rotatable bonds is 8. The zero-order valence-electron chi connectivity index (χ0n) is 18.1. The molecular formula is C22H26N4O5S. The number of hydrogen-bond acceptors (Lipinski definition) is 7. The van der Waals surface area contributed by atoms with E-state index in [1.54, 1.807) is 41.3 Å². The van der Waals surface area contributed by atoms with Gasteiger partial charge in [-0.15, -0.1) is 0 Å². The minimum absolute atomic E-state index is 0.0974. The normalized spacial score (nSPS) is 14.2. The summed E-state index contributed by atoms with van der Waals surface area (Å²) in [6.07, 6.45) is 0. The SMILES string of the molecule is COCCNS(=O)(=O)c1ccc(OC)c(N2CCN(C(=O)c3ccc(C#N)cc3)CC2)c1. The summed E-state index contributed by atoms with van der Waals surface area (Å²) in [7, 11) is -0.643. The van der Waals surface area contributed by atoms with E-state index in [1.807, 2.05) is 11.0 Å². The minimum Gasteiger partial charge on any atom is -0.495 e. The Morgan fingerprint density at radius 1 is 1.09 bits per heavy atom. The van der Waals surface area contributed by atoms with Gasteiger partial charge in [-0.3, -0.25) is 4.79 Å². The third-order valence-electron chi connectivity index (χ3n) is 5.23. The topological polar surface area (TPSA) is 112 Å². The van der Waals surface area contributed by atoms with Gasteiger partial charge in [-0.25, -0.2) is 13.1 Å². The number of nitrogens with one attached hydrogen (secondary N) is 1. The molecule has 0 aliphatic carbocycles. The van der Waals surface area contributed by atoms with Crippen molar-refractivity contribution >= 4 is 21.6 Å². The molecule has 1 aliphatic rings. The Balaban J connectivity index is 1.72. The monoisotopic (exact) mass is 458 g/mol. The number of methoxy groups -OCH3 is 2. The third-order valence-corrected chi connectivity index (χ3v) is 6.69. The number of sulfonamides is 1. The number of amides is 1. The Morgan fingerprint density at radius 2 is 1.78 bits per heavy atom. The van der Waals surface area contributed by atoms with Gasteiger partial charge in [0.25, 0.3) is 5.91 Å². The lowest BCUT2D eigenvalue weighted by atomic mass is 10.1. The second kappa shape index (κ2) is 10.5. The highest BCUT2D eigenvalue weighted by Gasteiger charge is 2.25. The largest absolute Gasteiger partial charge is 0.495 e. The van der Waals surface area contributed by atoms with E-state index in [-0.39, 0.29) is 24.0 Å². The van der Waals surface area contributed by atoms with Crippen LogP contribution in [0.15, 0.2) is 47.4 Å². The first-order chi connectivity index (χ1) is 15.4. The molecule has 0 bridgehead atoms. The van der Waals surface area contributed by atoms with E-state index in [4.69, 9.17) is 14.7 Å². The van der Waals surface area contributed by atoms with E-state index in [2.05, 4.69) is 4.72 Å². The van der Waals surface area contributed by atoms with Gasteiger partial charge >= 0.3 is 0 Å². The van der Waals surface area contributed by atoms with E-state index in [9.17, 15) is 13.2 Å². The minimum atomic E-state index is -3.68. The fourth-order valence-corrected chi connectivity index (χ4v) is 4.50. The molecule has 0 radical (unpaired) electrons. The van der Waals surface area contributed by atoms with Crippen molar-refractivity contribution < 1.29 is 22.7 Å². The summed E-state index contributed by atoms with van der Waals surface area (Å²) in [5.41, 5.74) is 1.70. The molecule has 3 rings (SSSR count). The summed E-state index contributed by atoms with van der Waals surface area (Å²) in [5.74, 6) is 0.465. The van der Waals surface area contributed by atoms with Crippen LogP contribution in [0.1, 0.15) is 15.9 Å². The molecule has 0 aromatic heterocycles. The van der Waals surface area contributed by atoms with Crippen LogP contribution in [0.25, 0.3) is 0 Å². The molecule has 1 fully saturated rings. The van der Waals surface area contributed by atoms with E-state index in [1.165, 1.54) is 20.3 Å². The second-order valence-electron chi connectivity index (χ2n) is 7.19. The van der Waals surface area contributed by atoms with E-state index in [0.29, 0.717) is 48.7 Å². The Hall–Kier alpha value is -3.13. The number of hydrogen-bond donors (Lipinski definition) is 1. The Labute approximate surface area is 188 Å². The molecule has 9 nitrogen and oxygen atoms in total. The predicted molar refractivity (Wildman–Crippen MR) is 119 cm³/mol. The molecule has 2 aromatic rings. The van der Waals surface area contributed by atoms with Gasteiger partial charge in [0.1, 0.15) is 5.75 Å². The molecule has 1 amide bonds. The summed E-state index contributed by atoms with van der Waals surface area (Å²) in [6, 6.07) is 13.3. The van der Waals surface area contributed by atoms with Crippen LogP contribution in [0.2, 0.25) is 0 Å². The maximum Gasteiger partial charge on any atom is 0.253 e. The maximum absolute atomic E-state index is 12.8. The molecule has 0 atom stereocenters. The highest BCUT2D eigenvalue weighted by atomic mass is 32.2. The van der Waals surface area contributed by atoms with E-state index in [0.717, 1.165) is 0 Å². The molecular weight excluding hydrogens is 432 g/mol. The van der Waals surface area contributed by atoms with Gasteiger partial charge in [0.15, 0.2) is 0 Å². The van der Waals surface area contributed by atoms with Gasteiger partial charge in [0.2, 0.25) is 10.0 Å². The molecule has 0 saturated carbocycles. The van der Waals surface area contributed by atoms with Crippen molar-refractivity contribution in [3.63, 3.8) is 0 Å². The number of carbonyl (C=O) groups excluding carboxylic acids is 1. The number of nitrogens with zero attached hydrogens (tertiary/aromatic N) is 3. The number of carbonyl (C=O) groups is 1. The number of benzene rings is 2. The first kappa shape index (κ1) is 23.5. The highest BCUT2D eigenvalue weighted by molar-refractivity contribution is 7.89. The first-order valence-electron chi connectivity index (χ1n) is 10.1. The van der Waals surface area contributed by atoms with E-state index < -0.39 is 10.0 Å². The van der Waals surface area contributed by atoms with E-state index >= 15 is 0 Å². The fraction of sp³-hybridized carbons (Fsp3) is 0.364. The van der Waals surface area contributed by atoms with Gasteiger partial charge in [0, 0.05) is 45.4 Å². The summed E-state index contributed by atoms with van der Waals surface area (Å²) < 4.78 is 38.0. The number of nitriles is 1. The van der Waals surface area contributed by atoms with Crippen LogP contribution in [-0.4, -0.2) is 72.8 Å². The van der Waals surface area contributed by atoms with Gasteiger partial charge in [-0.05, 0) is 42.5 Å². The molecule has 0 spiro atoms. The molecule has 1 N–H and O–H groups in total. The second-order valence-corrected chi connectivity index (χ2v) is 8.96. The summed E-state index contributed by atoms with van der Waals surface area (Å²) in [6.45, 7) is 2.46. The van der Waals surface area contributed by atoms with Gasteiger partial charge < -0.3 is 19.3 Å². The Bertz CT molecular complexity index is 1090. The molecule has 1 saturated heterocycles. The highest BCUT2D eigenvalue weighted by Crippen LogP contribution is 2.32. The average molecular weight is 459 g/mol. The third kappa shape index (κ3) is 5.37. The molecule has 10 heteroatoms. The molecule has 1 heterocycles. The van der Waals surface area contributed by atoms with Crippen LogP contribution in [0.3, 0.4) is 0 Å². The predicted octanol–water partition coefficient (Wildman–Crippen LogP) is 1.45. The van der Waals surface area contributed by atoms with Gasteiger partial charge in [0.05, 0.1) is 35.9 Å². The quantitative estimate of drug-likeness (QED) is 0.596. The van der Waals surface area contributed by atoms with Crippen LogP contribution >= 0.6 is 0 Å². The van der Waals surface area contributed by atoms with Crippen molar-refractivity contribution in [1.82, 2.24) is 9.62 Å². The Kier molecular flexibility index (Phi) is 7.69. The lowest BCUT2D eigenvalue weighted by molar-refractivity contribution is 0.0746.